The minimum absolute atomic E-state index is 0.425. The molecule has 0 spiro atoms. The van der Waals surface area contributed by atoms with E-state index in [1.807, 2.05) is 0 Å². The molecule has 1 saturated carbocycles. The maximum absolute atomic E-state index is 5.91. The van der Waals surface area contributed by atoms with E-state index in [-0.39, 0.29) is 0 Å². The van der Waals surface area contributed by atoms with Gasteiger partial charge in [-0.2, -0.15) is 0 Å². The molecule has 14 heavy (non-hydrogen) atoms. The fraction of sp³-hybridized carbons (Fsp3) is 0.636. The van der Waals surface area contributed by atoms with Gasteiger partial charge in [-0.25, -0.2) is 0 Å². The second kappa shape index (κ2) is 4.21. The second-order valence-electron chi connectivity index (χ2n) is 4.20. The first-order chi connectivity index (χ1) is 6.66. The highest BCUT2D eigenvalue weighted by atomic mass is 35.5. The first kappa shape index (κ1) is 10.5. The van der Waals surface area contributed by atoms with Gasteiger partial charge in [0, 0.05) is 12.1 Å². The van der Waals surface area contributed by atoms with Crippen molar-refractivity contribution in [2.24, 2.45) is 5.92 Å². The van der Waals surface area contributed by atoms with Crippen LogP contribution in [0.5, 0.6) is 0 Å². The van der Waals surface area contributed by atoms with Crippen molar-refractivity contribution < 1.29 is 0 Å². The summed E-state index contributed by atoms with van der Waals surface area (Å²) >= 11 is 7.52. The van der Waals surface area contributed by atoms with Crippen LogP contribution in [0, 0.1) is 5.92 Å². The van der Waals surface area contributed by atoms with E-state index in [0.717, 1.165) is 10.3 Å². The molecule has 1 N–H and O–H groups in total. The SMILES string of the molecule is CC(NC(C)C1CC1)c1csc(Cl)c1. The minimum atomic E-state index is 0.425. The summed E-state index contributed by atoms with van der Waals surface area (Å²) in [5, 5.41) is 5.76. The van der Waals surface area contributed by atoms with E-state index >= 15 is 0 Å². The molecule has 0 aliphatic heterocycles. The standard InChI is InChI=1S/C11H16ClNS/c1-7(9-3-4-9)13-8(2)10-5-11(12)14-6-10/h5-9,13H,3-4H2,1-2H3. The molecule has 0 aromatic carbocycles. The zero-order chi connectivity index (χ0) is 10.1. The van der Waals surface area contributed by atoms with Gasteiger partial charge in [0.15, 0.2) is 0 Å². The van der Waals surface area contributed by atoms with Gasteiger partial charge in [-0.1, -0.05) is 11.6 Å². The number of halogens is 1. The summed E-state index contributed by atoms with van der Waals surface area (Å²) < 4.78 is 0.882. The predicted molar refractivity (Wildman–Crippen MR) is 63.1 cm³/mol. The summed E-state index contributed by atoms with van der Waals surface area (Å²) in [5.41, 5.74) is 1.31. The van der Waals surface area contributed by atoms with Gasteiger partial charge < -0.3 is 5.32 Å². The Morgan fingerprint density at radius 3 is 2.71 bits per heavy atom. The van der Waals surface area contributed by atoms with Gasteiger partial charge in [-0.05, 0) is 49.6 Å². The van der Waals surface area contributed by atoms with E-state index in [4.69, 9.17) is 11.6 Å². The van der Waals surface area contributed by atoms with Gasteiger partial charge in [-0.15, -0.1) is 11.3 Å². The molecule has 3 heteroatoms. The number of rotatable bonds is 4. The summed E-state index contributed by atoms with van der Waals surface area (Å²) in [6, 6.07) is 3.13. The smallest absolute Gasteiger partial charge is 0.0931 e. The Hall–Kier alpha value is -0.0500. The van der Waals surface area contributed by atoms with Crippen LogP contribution < -0.4 is 5.32 Å². The topological polar surface area (TPSA) is 12.0 Å². The van der Waals surface area contributed by atoms with Crippen LogP contribution in [-0.2, 0) is 0 Å². The molecular weight excluding hydrogens is 214 g/mol. The van der Waals surface area contributed by atoms with Gasteiger partial charge in [0.05, 0.1) is 4.34 Å². The third-order valence-corrected chi connectivity index (χ3v) is 4.04. The minimum Gasteiger partial charge on any atom is -0.307 e. The Balaban J connectivity index is 1.91. The van der Waals surface area contributed by atoms with Crippen LogP contribution in [-0.4, -0.2) is 6.04 Å². The third kappa shape index (κ3) is 2.50. The fourth-order valence-corrected chi connectivity index (χ4v) is 2.76. The summed E-state index contributed by atoms with van der Waals surface area (Å²) in [5.74, 6) is 0.909. The molecule has 78 valence electrons. The lowest BCUT2D eigenvalue weighted by Crippen LogP contribution is -2.30. The molecule has 1 aromatic rings. The molecule has 0 radical (unpaired) electrons. The predicted octanol–water partition coefficient (Wildman–Crippen LogP) is 3.85. The summed E-state index contributed by atoms with van der Waals surface area (Å²) in [6.07, 6.45) is 2.79. The molecule has 1 nitrogen and oxygen atoms in total. The molecular formula is C11H16ClNS. The maximum Gasteiger partial charge on any atom is 0.0931 e. The van der Waals surface area contributed by atoms with E-state index in [1.54, 1.807) is 11.3 Å². The van der Waals surface area contributed by atoms with Crippen LogP contribution in [0.1, 0.15) is 38.3 Å². The molecule has 1 fully saturated rings. The molecule has 2 atom stereocenters. The number of hydrogen-bond donors (Lipinski definition) is 1. The lowest BCUT2D eigenvalue weighted by Gasteiger charge is -2.18. The van der Waals surface area contributed by atoms with Crippen molar-refractivity contribution in [3.05, 3.63) is 21.3 Å². The molecule has 1 aromatic heterocycles. The van der Waals surface area contributed by atoms with E-state index < -0.39 is 0 Å². The van der Waals surface area contributed by atoms with Gasteiger partial charge >= 0.3 is 0 Å². The largest absolute Gasteiger partial charge is 0.307 e. The first-order valence-corrected chi connectivity index (χ1v) is 6.42. The number of thiophene rings is 1. The average Bonchev–Trinajstić information content (AvgIpc) is 2.89. The van der Waals surface area contributed by atoms with Crippen molar-refractivity contribution in [1.82, 2.24) is 5.32 Å². The Bertz CT molecular complexity index is 306. The van der Waals surface area contributed by atoms with E-state index in [9.17, 15) is 0 Å². The Morgan fingerprint density at radius 1 is 1.50 bits per heavy atom. The Morgan fingerprint density at radius 2 is 2.21 bits per heavy atom. The van der Waals surface area contributed by atoms with Crippen LogP contribution in [0.15, 0.2) is 11.4 Å². The van der Waals surface area contributed by atoms with Crippen LogP contribution >= 0.6 is 22.9 Å². The van der Waals surface area contributed by atoms with Crippen molar-refractivity contribution in [2.75, 3.05) is 0 Å². The zero-order valence-electron chi connectivity index (χ0n) is 8.59. The molecule has 1 aliphatic rings. The van der Waals surface area contributed by atoms with Crippen LogP contribution in [0.4, 0.5) is 0 Å². The van der Waals surface area contributed by atoms with Crippen LogP contribution in [0.3, 0.4) is 0 Å². The molecule has 1 aliphatic carbocycles. The van der Waals surface area contributed by atoms with Gasteiger partial charge in [0.2, 0.25) is 0 Å². The van der Waals surface area contributed by atoms with Crippen LogP contribution in [0.2, 0.25) is 4.34 Å². The second-order valence-corrected chi connectivity index (χ2v) is 5.74. The van der Waals surface area contributed by atoms with Gasteiger partial charge in [-0.3, -0.25) is 0 Å². The number of nitrogens with one attached hydrogen (secondary N) is 1. The van der Waals surface area contributed by atoms with Crippen molar-refractivity contribution in [2.45, 2.75) is 38.8 Å². The average molecular weight is 230 g/mol. The molecule has 2 rings (SSSR count). The molecule has 1 heterocycles. The van der Waals surface area contributed by atoms with E-state index in [0.29, 0.717) is 12.1 Å². The summed E-state index contributed by atoms with van der Waals surface area (Å²) in [7, 11) is 0. The normalized spacial score (nSPS) is 20.8. The van der Waals surface area contributed by atoms with Crippen molar-refractivity contribution in [1.29, 1.82) is 0 Å². The zero-order valence-corrected chi connectivity index (χ0v) is 10.2. The van der Waals surface area contributed by atoms with Crippen molar-refractivity contribution in [3.63, 3.8) is 0 Å². The first-order valence-electron chi connectivity index (χ1n) is 5.17. The Kier molecular flexibility index (Phi) is 3.15. The van der Waals surface area contributed by atoms with Gasteiger partial charge in [0.25, 0.3) is 0 Å². The van der Waals surface area contributed by atoms with Gasteiger partial charge in [0.1, 0.15) is 0 Å². The highest BCUT2D eigenvalue weighted by Gasteiger charge is 2.28. The molecule has 0 bridgehead atoms. The lowest BCUT2D eigenvalue weighted by atomic mass is 10.1. The fourth-order valence-electron chi connectivity index (χ4n) is 1.77. The third-order valence-electron chi connectivity index (χ3n) is 2.93. The molecule has 0 amide bonds. The molecule has 0 saturated heterocycles. The monoisotopic (exact) mass is 229 g/mol. The van der Waals surface area contributed by atoms with Crippen molar-refractivity contribution in [3.8, 4) is 0 Å². The van der Waals surface area contributed by atoms with E-state index in [2.05, 4.69) is 30.6 Å². The quantitative estimate of drug-likeness (QED) is 0.827. The summed E-state index contributed by atoms with van der Waals surface area (Å²) in [6.45, 7) is 4.49. The number of hydrogen-bond acceptors (Lipinski definition) is 2. The van der Waals surface area contributed by atoms with Crippen LogP contribution in [0.25, 0.3) is 0 Å². The van der Waals surface area contributed by atoms with E-state index in [1.165, 1.54) is 18.4 Å². The lowest BCUT2D eigenvalue weighted by molar-refractivity contribution is 0.442. The summed E-state index contributed by atoms with van der Waals surface area (Å²) in [4.78, 5) is 0. The highest BCUT2D eigenvalue weighted by Crippen LogP contribution is 2.34. The molecule has 2 unspecified atom stereocenters. The Labute approximate surface area is 94.5 Å². The highest BCUT2D eigenvalue weighted by molar-refractivity contribution is 7.14. The van der Waals surface area contributed by atoms with Crippen molar-refractivity contribution >= 4 is 22.9 Å². The maximum atomic E-state index is 5.91.